The highest BCUT2D eigenvalue weighted by molar-refractivity contribution is 5.93. The minimum Gasteiger partial charge on any atom is -0.444 e. The molecule has 2 N–H and O–H groups in total. The Balaban J connectivity index is 2.71. The van der Waals surface area contributed by atoms with Gasteiger partial charge in [0.25, 0.3) is 5.91 Å². The summed E-state index contributed by atoms with van der Waals surface area (Å²) < 4.78 is 111. The van der Waals surface area contributed by atoms with E-state index in [1.165, 1.54) is 0 Å². The lowest BCUT2D eigenvalue weighted by Gasteiger charge is -2.13. The predicted molar refractivity (Wildman–Crippen MR) is 61.1 cm³/mol. The minimum absolute atomic E-state index is 0.235. The van der Waals surface area contributed by atoms with E-state index in [4.69, 9.17) is 0 Å². The van der Waals surface area contributed by atoms with Crippen LogP contribution >= 0.6 is 0 Å². The van der Waals surface area contributed by atoms with Crippen LogP contribution < -0.4 is 10.5 Å². The Morgan fingerprint density at radius 1 is 0.708 bits per heavy atom. The third-order valence-corrected chi connectivity index (χ3v) is 2.75. The number of primary amides is 1. The topological polar surface area (TPSA) is 52.3 Å². The van der Waals surface area contributed by atoms with Crippen molar-refractivity contribution in [3.05, 3.63) is 58.2 Å². The molecule has 0 atom stereocenters. The Hall–Kier alpha value is -2.85. The maximum atomic E-state index is 13.7. The van der Waals surface area contributed by atoms with Crippen LogP contribution in [0, 0.1) is 46.5 Å². The Morgan fingerprint density at radius 2 is 1.08 bits per heavy atom. The van der Waals surface area contributed by atoms with Crippen molar-refractivity contribution in [1.29, 1.82) is 0 Å². The van der Waals surface area contributed by atoms with Gasteiger partial charge in [0.05, 0.1) is 0 Å². The summed E-state index contributed by atoms with van der Waals surface area (Å²) in [6.07, 6.45) is 0. The Bertz CT molecular complexity index is 813. The first-order valence-electron chi connectivity index (χ1n) is 5.74. The molecular weight excluding hydrogens is 354 g/mol. The lowest BCUT2D eigenvalue weighted by atomic mass is 10.1. The minimum atomic E-state index is -2.40. The summed E-state index contributed by atoms with van der Waals surface area (Å²) in [7, 11) is 0. The van der Waals surface area contributed by atoms with Crippen LogP contribution in [0.15, 0.2) is 6.07 Å². The van der Waals surface area contributed by atoms with Crippen LogP contribution in [-0.2, 0) is 0 Å². The number of hydrogen-bond donors (Lipinski definition) is 1. The zero-order valence-electron chi connectivity index (χ0n) is 11.0. The quantitative estimate of drug-likeness (QED) is 0.673. The molecule has 0 heterocycles. The van der Waals surface area contributed by atoms with E-state index in [1.54, 1.807) is 0 Å². The second-order valence-corrected chi connectivity index (χ2v) is 4.22. The van der Waals surface area contributed by atoms with Gasteiger partial charge < -0.3 is 10.5 Å². The molecule has 24 heavy (non-hydrogen) atoms. The highest BCUT2D eigenvalue weighted by Crippen LogP contribution is 2.36. The SMILES string of the molecule is NC(=O)c1c(F)c(F)c(Oc2c(F)c(F)cc(F)c2F)c(F)c1F. The van der Waals surface area contributed by atoms with Crippen molar-refractivity contribution >= 4 is 5.91 Å². The zero-order chi connectivity index (χ0) is 18.3. The van der Waals surface area contributed by atoms with E-state index in [0.717, 1.165) is 0 Å². The van der Waals surface area contributed by atoms with Crippen LogP contribution in [0.4, 0.5) is 35.1 Å². The van der Waals surface area contributed by atoms with Gasteiger partial charge in [-0.3, -0.25) is 4.79 Å². The Kier molecular flexibility index (Phi) is 4.36. The molecule has 128 valence electrons. The monoisotopic (exact) mass is 357 g/mol. The van der Waals surface area contributed by atoms with Gasteiger partial charge in [0, 0.05) is 6.07 Å². The molecule has 0 aliphatic heterocycles. The van der Waals surface area contributed by atoms with E-state index in [9.17, 15) is 39.9 Å². The molecule has 1 amide bonds. The van der Waals surface area contributed by atoms with Crippen molar-refractivity contribution in [2.24, 2.45) is 5.73 Å². The molecular formula is C13H3F8NO2. The van der Waals surface area contributed by atoms with Crippen molar-refractivity contribution in [2.75, 3.05) is 0 Å². The lowest BCUT2D eigenvalue weighted by Crippen LogP contribution is -2.18. The van der Waals surface area contributed by atoms with Gasteiger partial charge in [-0.25, -0.2) is 17.6 Å². The first-order valence-corrected chi connectivity index (χ1v) is 5.74. The molecule has 0 saturated carbocycles. The fourth-order valence-corrected chi connectivity index (χ4v) is 1.66. The maximum Gasteiger partial charge on any atom is 0.254 e. The number of amides is 1. The molecule has 2 aromatic rings. The molecule has 0 saturated heterocycles. The van der Waals surface area contributed by atoms with E-state index in [2.05, 4.69) is 10.5 Å². The summed E-state index contributed by atoms with van der Waals surface area (Å²) in [5.74, 6) is -23.8. The van der Waals surface area contributed by atoms with Gasteiger partial charge in [0.2, 0.25) is 34.8 Å². The third kappa shape index (κ3) is 2.61. The van der Waals surface area contributed by atoms with Crippen LogP contribution in [-0.4, -0.2) is 5.91 Å². The number of carbonyl (C=O) groups excluding carboxylic acids is 1. The van der Waals surface area contributed by atoms with E-state index >= 15 is 0 Å². The fraction of sp³-hybridized carbons (Fsp3) is 0. The number of halogens is 8. The molecule has 3 nitrogen and oxygen atoms in total. The van der Waals surface area contributed by atoms with Crippen LogP contribution in [0.1, 0.15) is 10.4 Å². The highest BCUT2D eigenvalue weighted by Gasteiger charge is 2.31. The number of nitrogens with two attached hydrogens (primary N) is 1. The largest absolute Gasteiger partial charge is 0.444 e. The standard InChI is InChI=1S/C13H3F8NO2/c14-2-1-3(15)6(17)11(5(2)16)24-12-9(20)7(18)4(13(22)23)8(19)10(12)21/h1H,(H2,22,23). The van der Waals surface area contributed by atoms with E-state index in [1.807, 2.05) is 0 Å². The second-order valence-electron chi connectivity index (χ2n) is 4.22. The average molecular weight is 357 g/mol. The van der Waals surface area contributed by atoms with Crippen LogP contribution in [0.2, 0.25) is 0 Å². The van der Waals surface area contributed by atoms with Gasteiger partial charge in [-0.1, -0.05) is 0 Å². The summed E-state index contributed by atoms with van der Waals surface area (Å²) in [6.45, 7) is 0. The molecule has 0 fully saturated rings. The molecule has 0 spiro atoms. The number of hydrogen-bond acceptors (Lipinski definition) is 2. The first kappa shape index (κ1) is 17.5. The molecule has 0 aliphatic rings. The van der Waals surface area contributed by atoms with Crippen LogP contribution in [0.25, 0.3) is 0 Å². The van der Waals surface area contributed by atoms with Gasteiger partial charge in [0.15, 0.2) is 23.3 Å². The molecule has 0 unspecified atom stereocenters. The van der Waals surface area contributed by atoms with Crippen molar-refractivity contribution in [2.45, 2.75) is 0 Å². The highest BCUT2D eigenvalue weighted by atomic mass is 19.2. The van der Waals surface area contributed by atoms with Gasteiger partial charge >= 0.3 is 0 Å². The summed E-state index contributed by atoms with van der Waals surface area (Å²) in [4.78, 5) is 10.8. The molecule has 2 aromatic carbocycles. The molecule has 0 aromatic heterocycles. The van der Waals surface area contributed by atoms with Crippen molar-refractivity contribution in [1.82, 2.24) is 0 Å². The molecule has 0 aliphatic carbocycles. The first-order chi connectivity index (χ1) is 11.1. The van der Waals surface area contributed by atoms with Crippen LogP contribution in [0.5, 0.6) is 11.5 Å². The van der Waals surface area contributed by atoms with Crippen LogP contribution in [0.3, 0.4) is 0 Å². The summed E-state index contributed by atoms with van der Waals surface area (Å²) >= 11 is 0. The number of rotatable bonds is 3. The van der Waals surface area contributed by atoms with Crippen molar-refractivity contribution in [3.8, 4) is 11.5 Å². The summed E-state index contributed by atoms with van der Waals surface area (Å²) in [5, 5.41) is 0. The van der Waals surface area contributed by atoms with Crippen molar-refractivity contribution < 1.29 is 44.7 Å². The van der Waals surface area contributed by atoms with Gasteiger partial charge in [-0.05, 0) is 0 Å². The number of ether oxygens (including phenoxy) is 1. The van der Waals surface area contributed by atoms with Gasteiger partial charge in [-0.15, -0.1) is 0 Å². The molecule has 2 rings (SSSR count). The summed E-state index contributed by atoms with van der Waals surface area (Å²) in [5.41, 5.74) is 2.72. The Morgan fingerprint density at radius 3 is 1.46 bits per heavy atom. The molecule has 0 bridgehead atoms. The van der Waals surface area contributed by atoms with Crippen molar-refractivity contribution in [3.63, 3.8) is 0 Å². The van der Waals surface area contributed by atoms with Gasteiger partial charge in [-0.2, -0.15) is 17.6 Å². The van der Waals surface area contributed by atoms with E-state index in [0.29, 0.717) is 0 Å². The lowest BCUT2D eigenvalue weighted by molar-refractivity contribution is 0.0989. The average Bonchev–Trinajstić information content (AvgIpc) is 2.50. The normalized spacial score (nSPS) is 10.8. The molecule has 0 radical (unpaired) electrons. The van der Waals surface area contributed by atoms with E-state index < -0.39 is 69.5 Å². The fourth-order valence-electron chi connectivity index (χ4n) is 1.66. The smallest absolute Gasteiger partial charge is 0.254 e. The Labute approximate surface area is 127 Å². The van der Waals surface area contributed by atoms with Gasteiger partial charge in [0.1, 0.15) is 5.56 Å². The van der Waals surface area contributed by atoms with E-state index in [-0.39, 0.29) is 6.07 Å². The maximum absolute atomic E-state index is 13.7. The molecule has 11 heteroatoms. The second kappa shape index (κ2) is 5.98. The number of carbonyl (C=O) groups is 1. The predicted octanol–water partition coefficient (Wildman–Crippen LogP) is 3.69. The third-order valence-electron chi connectivity index (χ3n) is 2.75. The number of benzene rings is 2. The summed E-state index contributed by atoms with van der Waals surface area (Å²) in [6, 6.07) is -0.235. The zero-order valence-corrected chi connectivity index (χ0v) is 11.0.